The normalized spacial score (nSPS) is 17.3. The molecule has 1 fully saturated rings. The molecule has 0 radical (unpaired) electrons. The highest BCUT2D eigenvalue weighted by Gasteiger charge is 2.24. The van der Waals surface area contributed by atoms with Crippen LogP contribution in [0.2, 0.25) is 0 Å². The summed E-state index contributed by atoms with van der Waals surface area (Å²) in [6.07, 6.45) is 0.289. The molecule has 0 aromatic heterocycles. The summed E-state index contributed by atoms with van der Waals surface area (Å²) in [5, 5.41) is 2.81. The lowest BCUT2D eigenvalue weighted by Crippen LogP contribution is -2.18. The van der Waals surface area contributed by atoms with Gasteiger partial charge in [0.15, 0.2) is 0 Å². The van der Waals surface area contributed by atoms with Gasteiger partial charge in [-0.05, 0) is 29.2 Å². The summed E-state index contributed by atoms with van der Waals surface area (Å²) < 4.78 is 11.1. The molecule has 4 nitrogen and oxygen atoms in total. The number of carbonyl (C=O) groups is 1. The van der Waals surface area contributed by atoms with E-state index in [-0.39, 0.29) is 18.1 Å². The van der Waals surface area contributed by atoms with E-state index in [9.17, 15) is 4.79 Å². The third-order valence-corrected chi connectivity index (χ3v) is 4.14. The topological polar surface area (TPSA) is 50.9 Å². The third kappa shape index (κ3) is 4.43. The van der Waals surface area contributed by atoms with E-state index in [0.717, 1.165) is 17.7 Å². The second-order valence-electron chi connectivity index (χ2n) is 6.12. The van der Waals surface area contributed by atoms with Crippen LogP contribution in [-0.2, 0) is 20.8 Å². The lowest BCUT2D eigenvalue weighted by molar-refractivity contribution is -0.119. The van der Waals surface area contributed by atoms with Crippen LogP contribution in [0.3, 0.4) is 0 Å². The summed E-state index contributed by atoms with van der Waals surface area (Å²) >= 11 is 0. The fourth-order valence-electron chi connectivity index (χ4n) is 2.65. The molecule has 0 unspecified atom stereocenters. The molecule has 126 valence electrons. The Bertz CT molecular complexity index is 692. The number of hydrogen-bond donors (Lipinski definition) is 1. The van der Waals surface area contributed by atoms with Gasteiger partial charge in [-0.3, -0.25) is 4.79 Å². The Morgan fingerprint density at radius 2 is 1.96 bits per heavy atom. The zero-order valence-electron chi connectivity index (χ0n) is 14.1. The van der Waals surface area contributed by atoms with Gasteiger partial charge in [0.05, 0.1) is 19.3 Å². The maximum atomic E-state index is 11.0. The molecule has 0 bridgehead atoms. The summed E-state index contributed by atoms with van der Waals surface area (Å²) in [6, 6.07) is 16.6. The molecule has 2 atom stereocenters. The van der Waals surface area contributed by atoms with Crippen LogP contribution >= 0.6 is 0 Å². The fraction of sp³-hybridized carbons (Fsp3) is 0.350. The van der Waals surface area contributed by atoms with Crippen LogP contribution < -0.4 is 5.32 Å². The average Bonchev–Trinajstić information content (AvgIpc) is 3.43. The number of hydrogen-bond acceptors (Lipinski definition) is 3. The number of ether oxygens (including phenoxy) is 2. The second kappa shape index (κ2) is 7.60. The first-order valence-corrected chi connectivity index (χ1v) is 8.29. The van der Waals surface area contributed by atoms with Crippen molar-refractivity contribution in [2.75, 3.05) is 13.2 Å². The molecule has 3 rings (SSSR count). The molecular formula is C20H23NO3. The van der Waals surface area contributed by atoms with Crippen molar-refractivity contribution in [3.05, 3.63) is 59.7 Å². The molecule has 4 heteroatoms. The van der Waals surface area contributed by atoms with E-state index < -0.39 is 0 Å². The highest BCUT2D eigenvalue weighted by Crippen LogP contribution is 2.30. The molecule has 2 aromatic carbocycles. The Morgan fingerprint density at radius 1 is 1.25 bits per heavy atom. The van der Waals surface area contributed by atoms with Crippen molar-refractivity contribution in [2.24, 2.45) is 0 Å². The molecule has 0 spiro atoms. The Kier molecular flexibility index (Phi) is 5.28. The number of rotatable bonds is 7. The van der Waals surface area contributed by atoms with Crippen molar-refractivity contribution in [1.29, 1.82) is 0 Å². The number of benzene rings is 2. The van der Waals surface area contributed by atoms with Gasteiger partial charge in [0.2, 0.25) is 5.91 Å². The van der Waals surface area contributed by atoms with Crippen LogP contribution in [0, 0.1) is 0 Å². The predicted molar refractivity (Wildman–Crippen MR) is 93.5 cm³/mol. The highest BCUT2D eigenvalue weighted by molar-refractivity contribution is 5.73. The standard InChI is InChI=1S/C20H23NO3/c1-14(23-12-18-13-24-18)19-5-3-4-6-20(19)17-9-7-16(8-10-17)11-21-15(2)22/h3-10,14,18H,11-13H2,1-2H3,(H,21,22)/t14-,18+/m1/s1. The minimum atomic E-state index is -0.0185. The van der Waals surface area contributed by atoms with Gasteiger partial charge >= 0.3 is 0 Å². The molecule has 1 amide bonds. The Balaban J connectivity index is 1.74. The number of nitrogens with one attached hydrogen (secondary N) is 1. The van der Waals surface area contributed by atoms with Crippen molar-refractivity contribution < 1.29 is 14.3 Å². The van der Waals surface area contributed by atoms with Gasteiger partial charge in [-0.25, -0.2) is 0 Å². The minimum absolute atomic E-state index is 0.0180. The van der Waals surface area contributed by atoms with E-state index in [0.29, 0.717) is 13.2 Å². The van der Waals surface area contributed by atoms with Gasteiger partial charge in [0, 0.05) is 13.5 Å². The maximum Gasteiger partial charge on any atom is 0.217 e. The van der Waals surface area contributed by atoms with Gasteiger partial charge in [-0.1, -0.05) is 48.5 Å². The van der Waals surface area contributed by atoms with Gasteiger partial charge in [0.1, 0.15) is 6.10 Å². The van der Waals surface area contributed by atoms with E-state index in [1.165, 1.54) is 18.1 Å². The maximum absolute atomic E-state index is 11.0. The first-order chi connectivity index (χ1) is 11.6. The predicted octanol–water partition coefficient (Wildman–Crippen LogP) is 3.47. The smallest absolute Gasteiger partial charge is 0.217 e. The molecule has 1 N–H and O–H groups in total. The zero-order valence-corrected chi connectivity index (χ0v) is 14.1. The summed E-state index contributed by atoms with van der Waals surface area (Å²) in [5.74, 6) is -0.0185. The molecular weight excluding hydrogens is 302 g/mol. The first kappa shape index (κ1) is 16.7. The van der Waals surface area contributed by atoms with Gasteiger partial charge in [-0.15, -0.1) is 0 Å². The van der Waals surface area contributed by atoms with Gasteiger partial charge in [-0.2, -0.15) is 0 Å². The molecule has 2 aromatic rings. The van der Waals surface area contributed by atoms with Crippen molar-refractivity contribution in [2.45, 2.75) is 32.6 Å². The van der Waals surface area contributed by atoms with Crippen LogP contribution in [0.5, 0.6) is 0 Å². The summed E-state index contributed by atoms with van der Waals surface area (Å²) in [5.41, 5.74) is 4.58. The van der Waals surface area contributed by atoms with Crippen LogP contribution in [0.1, 0.15) is 31.1 Å². The summed E-state index contributed by atoms with van der Waals surface area (Å²) in [4.78, 5) is 11.0. The van der Waals surface area contributed by atoms with Gasteiger partial charge < -0.3 is 14.8 Å². The summed E-state index contributed by atoms with van der Waals surface area (Å²) in [6.45, 7) is 5.61. The summed E-state index contributed by atoms with van der Waals surface area (Å²) in [7, 11) is 0. The van der Waals surface area contributed by atoms with E-state index in [4.69, 9.17) is 9.47 Å². The SMILES string of the molecule is CC(=O)NCc1ccc(-c2ccccc2[C@@H](C)OC[C@H]2CO2)cc1. The van der Waals surface area contributed by atoms with Crippen molar-refractivity contribution in [1.82, 2.24) is 5.32 Å². The number of carbonyl (C=O) groups excluding carboxylic acids is 1. The molecule has 1 aliphatic rings. The zero-order chi connectivity index (χ0) is 16.9. The van der Waals surface area contributed by atoms with E-state index >= 15 is 0 Å². The Hall–Kier alpha value is -2.17. The van der Waals surface area contributed by atoms with Crippen LogP contribution in [0.25, 0.3) is 11.1 Å². The van der Waals surface area contributed by atoms with E-state index in [1.807, 2.05) is 24.3 Å². The van der Waals surface area contributed by atoms with Crippen molar-refractivity contribution >= 4 is 5.91 Å². The molecule has 1 saturated heterocycles. The van der Waals surface area contributed by atoms with Gasteiger partial charge in [0.25, 0.3) is 0 Å². The average molecular weight is 325 g/mol. The van der Waals surface area contributed by atoms with Crippen LogP contribution in [-0.4, -0.2) is 25.2 Å². The third-order valence-electron chi connectivity index (χ3n) is 4.14. The first-order valence-electron chi connectivity index (χ1n) is 8.29. The number of epoxide rings is 1. The molecule has 0 saturated carbocycles. The highest BCUT2D eigenvalue weighted by atomic mass is 16.6. The number of amides is 1. The van der Waals surface area contributed by atoms with Crippen molar-refractivity contribution in [3.63, 3.8) is 0 Å². The minimum Gasteiger partial charge on any atom is -0.371 e. The quantitative estimate of drug-likeness (QED) is 0.793. The van der Waals surface area contributed by atoms with Crippen LogP contribution in [0.4, 0.5) is 0 Å². The molecule has 1 heterocycles. The Morgan fingerprint density at radius 3 is 2.62 bits per heavy atom. The Labute approximate surface area is 142 Å². The van der Waals surface area contributed by atoms with E-state index in [2.05, 4.69) is 36.5 Å². The molecule has 24 heavy (non-hydrogen) atoms. The monoisotopic (exact) mass is 325 g/mol. The lowest BCUT2D eigenvalue weighted by Gasteiger charge is -2.17. The molecule has 0 aliphatic carbocycles. The fourth-order valence-corrected chi connectivity index (χ4v) is 2.65. The van der Waals surface area contributed by atoms with Crippen molar-refractivity contribution in [3.8, 4) is 11.1 Å². The van der Waals surface area contributed by atoms with E-state index in [1.54, 1.807) is 0 Å². The molecule has 1 aliphatic heterocycles. The second-order valence-corrected chi connectivity index (χ2v) is 6.12. The van der Waals surface area contributed by atoms with Crippen LogP contribution in [0.15, 0.2) is 48.5 Å². The lowest BCUT2D eigenvalue weighted by atomic mass is 9.96. The largest absolute Gasteiger partial charge is 0.371 e.